The Hall–Kier alpha value is -0.160. The highest BCUT2D eigenvalue weighted by atomic mass is 16.5. The van der Waals surface area contributed by atoms with Crippen LogP contribution in [0.3, 0.4) is 0 Å². The van der Waals surface area contributed by atoms with Gasteiger partial charge in [-0.2, -0.15) is 0 Å². The van der Waals surface area contributed by atoms with Crippen molar-refractivity contribution in [3.05, 3.63) is 0 Å². The predicted octanol–water partition coefficient (Wildman–Crippen LogP) is 2.18. The van der Waals surface area contributed by atoms with Crippen molar-refractivity contribution in [2.75, 3.05) is 39.5 Å². The molecule has 0 aromatic rings. The Morgan fingerprint density at radius 3 is 2.76 bits per heavy atom. The predicted molar refractivity (Wildman–Crippen MR) is 84.6 cm³/mol. The van der Waals surface area contributed by atoms with Gasteiger partial charge < -0.3 is 14.8 Å². The molecule has 0 amide bonds. The Labute approximate surface area is 129 Å². The molecular weight excluding hydrogens is 264 g/mol. The Morgan fingerprint density at radius 1 is 1.19 bits per heavy atom. The molecule has 122 valence electrons. The van der Waals surface area contributed by atoms with Crippen molar-refractivity contribution in [3.63, 3.8) is 0 Å². The summed E-state index contributed by atoms with van der Waals surface area (Å²) in [4.78, 5) is 2.75. The van der Waals surface area contributed by atoms with Gasteiger partial charge in [0.1, 0.15) is 0 Å². The van der Waals surface area contributed by atoms with Crippen LogP contribution in [0.4, 0.5) is 0 Å². The highest BCUT2D eigenvalue weighted by Crippen LogP contribution is 2.36. The van der Waals surface area contributed by atoms with E-state index in [0.29, 0.717) is 12.1 Å². The van der Waals surface area contributed by atoms with Gasteiger partial charge in [-0.05, 0) is 58.0 Å². The van der Waals surface area contributed by atoms with E-state index in [9.17, 15) is 0 Å². The van der Waals surface area contributed by atoms with Crippen LogP contribution in [0.25, 0.3) is 0 Å². The van der Waals surface area contributed by atoms with Crippen LogP contribution in [-0.2, 0) is 9.47 Å². The number of hydrogen-bond acceptors (Lipinski definition) is 4. The fraction of sp³-hybridized carbons (Fsp3) is 1.00. The minimum Gasteiger partial charge on any atom is -0.381 e. The third-order valence-corrected chi connectivity index (χ3v) is 5.52. The Kier molecular flexibility index (Phi) is 5.54. The molecule has 2 unspecified atom stereocenters. The lowest BCUT2D eigenvalue weighted by Crippen LogP contribution is -2.53. The van der Waals surface area contributed by atoms with Crippen LogP contribution in [0.5, 0.6) is 0 Å². The van der Waals surface area contributed by atoms with Crippen LogP contribution in [0.15, 0.2) is 0 Å². The summed E-state index contributed by atoms with van der Waals surface area (Å²) in [7, 11) is 0. The summed E-state index contributed by atoms with van der Waals surface area (Å²) < 4.78 is 11.8. The summed E-state index contributed by atoms with van der Waals surface area (Å²) in [6.45, 7) is 8.66. The number of ether oxygens (including phenoxy) is 2. The van der Waals surface area contributed by atoms with Crippen molar-refractivity contribution in [2.45, 2.75) is 69.6 Å². The maximum absolute atomic E-state index is 6.21. The number of nitrogens with zero attached hydrogens (tertiary/aromatic N) is 1. The standard InChI is InChI=1S/C17H32N2O2/c1-2-9-19(14-15-4-3-8-18-15)16-5-10-21-17(13-16)6-11-20-12-7-17/h15-16,18H,2-14H2,1H3. The van der Waals surface area contributed by atoms with Crippen molar-refractivity contribution in [1.82, 2.24) is 10.2 Å². The molecule has 3 rings (SSSR count). The monoisotopic (exact) mass is 296 g/mol. The highest BCUT2D eigenvalue weighted by molar-refractivity contribution is 4.93. The van der Waals surface area contributed by atoms with E-state index in [4.69, 9.17) is 9.47 Å². The molecular formula is C17H32N2O2. The molecule has 21 heavy (non-hydrogen) atoms. The lowest BCUT2D eigenvalue weighted by molar-refractivity contribution is -0.151. The summed E-state index contributed by atoms with van der Waals surface area (Å²) in [6, 6.07) is 1.42. The molecule has 1 N–H and O–H groups in total. The molecule has 0 aliphatic carbocycles. The first kappa shape index (κ1) is 15.7. The third kappa shape index (κ3) is 3.98. The van der Waals surface area contributed by atoms with Gasteiger partial charge in [0.15, 0.2) is 0 Å². The van der Waals surface area contributed by atoms with Crippen LogP contribution in [0.2, 0.25) is 0 Å². The molecule has 3 heterocycles. The van der Waals surface area contributed by atoms with Gasteiger partial charge in [-0.3, -0.25) is 4.90 Å². The molecule has 3 aliphatic heterocycles. The van der Waals surface area contributed by atoms with Gasteiger partial charge in [0.05, 0.1) is 5.60 Å². The van der Waals surface area contributed by atoms with Crippen LogP contribution in [0, 0.1) is 0 Å². The summed E-state index contributed by atoms with van der Waals surface area (Å²) in [5.41, 5.74) is 0.121. The van der Waals surface area contributed by atoms with Crippen LogP contribution < -0.4 is 5.32 Å². The molecule has 0 bridgehead atoms. The number of nitrogens with one attached hydrogen (secondary N) is 1. The third-order valence-electron chi connectivity index (χ3n) is 5.52. The average Bonchev–Trinajstić information content (AvgIpc) is 3.01. The molecule has 4 heteroatoms. The summed E-state index contributed by atoms with van der Waals surface area (Å²) in [5.74, 6) is 0. The number of rotatable bonds is 5. The Morgan fingerprint density at radius 2 is 2.05 bits per heavy atom. The van der Waals surface area contributed by atoms with E-state index in [1.165, 1.54) is 51.7 Å². The molecule has 4 nitrogen and oxygen atoms in total. The minimum atomic E-state index is 0.121. The van der Waals surface area contributed by atoms with Crippen molar-refractivity contribution in [1.29, 1.82) is 0 Å². The Bertz CT molecular complexity index is 306. The lowest BCUT2D eigenvalue weighted by atomic mass is 9.83. The van der Waals surface area contributed by atoms with Crippen molar-refractivity contribution < 1.29 is 9.47 Å². The van der Waals surface area contributed by atoms with Gasteiger partial charge in [0, 0.05) is 38.4 Å². The summed E-state index contributed by atoms with van der Waals surface area (Å²) in [5, 5.41) is 3.66. The van der Waals surface area contributed by atoms with Crippen molar-refractivity contribution >= 4 is 0 Å². The quantitative estimate of drug-likeness (QED) is 0.843. The van der Waals surface area contributed by atoms with E-state index in [-0.39, 0.29) is 5.60 Å². The van der Waals surface area contributed by atoms with Crippen LogP contribution in [-0.4, -0.2) is 62.0 Å². The maximum Gasteiger partial charge on any atom is 0.0741 e. The zero-order valence-electron chi connectivity index (χ0n) is 13.6. The highest BCUT2D eigenvalue weighted by Gasteiger charge is 2.40. The molecule has 1 spiro atoms. The molecule has 2 atom stereocenters. The fourth-order valence-corrected chi connectivity index (χ4v) is 4.31. The van der Waals surface area contributed by atoms with Gasteiger partial charge in [0.25, 0.3) is 0 Å². The Balaban J connectivity index is 1.60. The van der Waals surface area contributed by atoms with Crippen molar-refractivity contribution in [3.8, 4) is 0 Å². The van der Waals surface area contributed by atoms with E-state index in [0.717, 1.165) is 32.7 Å². The average molecular weight is 296 g/mol. The van der Waals surface area contributed by atoms with E-state index >= 15 is 0 Å². The smallest absolute Gasteiger partial charge is 0.0741 e. The largest absolute Gasteiger partial charge is 0.381 e. The molecule has 0 aromatic heterocycles. The SMILES string of the molecule is CCCN(CC1CCCN1)C1CCOC2(CCOCC2)C1. The molecule has 3 aliphatic rings. The van der Waals surface area contributed by atoms with Gasteiger partial charge in [-0.15, -0.1) is 0 Å². The van der Waals surface area contributed by atoms with Gasteiger partial charge in [-0.1, -0.05) is 6.92 Å². The van der Waals surface area contributed by atoms with Gasteiger partial charge in [-0.25, -0.2) is 0 Å². The van der Waals surface area contributed by atoms with E-state index < -0.39 is 0 Å². The van der Waals surface area contributed by atoms with Crippen molar-refractivity contribution in [2.24, 2.45) is 0 Å². The van der Waals surface area contributed by atoms with Gasteiger partial charge in [0.2, 0.25) is 0 Å². The first-order valence-electron chi connectivity index (χ1n) is 9.00. The zero-order valence-corrected chi connectivity index (χ0v) is 13.6. The van der Waals surface area contributed by atoms with Crippen LogP contribution >= 0.6 is 0 Å². The zero-order chi connectivity index (χ0) is 14.5. The molecule has 3 saturated heterocycles. The lowest BCUT2D eigenvalue weighted by Gasteiger charge is -2.47. The fourth-order valence-electron chi connectivity index (χ4n) is 4.31. The topological polar surface area (TPSA) is 33.7 Å². The van der Waals surface area contributed by atoms with Gasteiger partial charge >= 0.3 is 0 Å². The minimum absolute atomic E-state index is 0.121. The maximum atomic E-state index is 6.21. The second-order valence-corrected chi connectivity index (χ2v) is 7.08. The summed E-state index contributed by atoms with van der Waals surface area (Å²) >= 11 is 0. The van der Waals surface area contributed by atoms with E-state index in [1.54, 1.807) is 0 Å². The first-order chi connectivity index (χ1) is 10.3. The van der Waals surface area contributed by atoms with Crippen LogP contribution in [0.1, 0.15) is 51.9 Å². The molecule has 3 fully saturated rings. The second kappa shape index (κ2) is 7.40. The normalized spacial score (nSPS) is 32.9. The molecule has 0 aromatic carbocycles. The van der Waals surface area contributed by atoms with E-state index in [1.807, 2.05) is 0 Å². The van der Waals surface area contributed by atoms with E-state index in [2.05, 4.69) is 17.1 Å². The first-order valence-corrected chi connectivity index (χ1v) is 9.00. The molecule has 0 radical (unpaired) electrons. The molecule has 0 saturated carbocycles. The summed E-state index contributed by atoms with van der Waals surface area (Å²) in [6.07, 6.45) is 8.54. The second-order valence-electron chi connectivity index (χ2n) is 7.08. The number of hydrogen-bond donors (Lipinski definition) is 1.